The Morgan fingerprint density at radius 3 is 2.62 bits per heavy atom. The maximum atomic E-state index is 11.0. The van der Waals surface area contributed by atoms with Crippen molar-refractivity contribution in [2.24, 2.45) is 5.92 Å². The quantitative estimate of drug-likeness (QED) is 0.585. The van der Waals surface area contributed by atoms with E-state index in [0.717, 1.165) is 12.8 Å². The minimum Gasteiger partial charge on any atom is -0.480 e. The molecule has 5 heteroatoms. The van der Waals surface area contributed by atoms with E-state index in [1.807, 2.05) is 0 Å². The van der Waals surface area contributed by atoms with Gasteiger partial charge in [0.1, 0.15) is 6.04 Å². The second kappa shape index (κ2) is 4.11. The highest BCUT2D eigenvalue weighted by Crippen LogP contribution is 2.27. The Bertz CT molecular complexity index is 213. The molecule has 1 aliphatic carbocycles. The summed E-state index contributed by atoms with van der Waals surface area (Å²) in [5.41, 5.74) is 0. The fourth-order valence-electron chi connectivity index (χ4n) is 0.868. The number of urea groups is 1. The Kier molecular flexibility index (Phi) is 3.11. The van der Waals surface area contributed by atoms with E-state index < -0.39 is 18.0 Å². The molecule has 1 saturated carbocycles. The molecule has 0 heterocycles. The average Bonchev–Trinajstić information content (AvgIpc) is 2.83. The van der Waals surface area contributed by atoms with Gasteiger partial charge >= 0.3 is 12.0 Å². The average molecular weight is 186 g/mol. The van der Waals surface area contributed by atoms with Gasteiger partial charge in [-0.1, -0.05) is 0 Å². The van der Waals surface area contributed by atoms with Crippen molar-refractivity contribution in [3.63, 3.8) is 0 Å². The summed E-state index contributed by atoms with van der Waals surface area (Å²) in [5.74, 6) is -0.424. The van der Waals surface area contributed by atoms with E-state index in [4.69, 9.17) is 5.11 Å². The zero-order valence-electron chi connectivity index (χ0n) is 7.54. The maximum absolute atomic E-state index is 11.0. The number of carboxylic acids is 1. The van der Waals surface area contributed by atoms with E-state index >= 15 is 0 Å². The Morgan fingerprint density at radius 1 is 1.54 bits per heavy atom. The van der Waals surface area contributed by atoms with Gasteiger partial charge in [0.05, 0.1) is 0 Å². The normalized spacial score (nSPS) is 17.6. The van der Waals surface area contributed by atoms with Gasteiger partial charge in [-0.2, -0.15) is 0 Å². The van der Waals surface area contributed by atoms with Gasteiger partial charge in [0, 0.05) is 6.54 Å². The van der Waals surface area contributed by atoms with Gasteiger partial charge in [-0.15, -0.1) is 0 Å². The van der Waals surface area contributed by atoms with Crippen LogP contribution in [0.5, 0.6) is 0 Å². The van der Waals surface area contributed by atoms with Crippen LogP contribution in [-0.4, -0.2) is 29.7 Å². The third-order valence-electron chi connectivity index (χ3n) is 1.97. The molecule has 0 radical (unpaired) electrons. The number of hydrogen-bond donors (Lipinski definition) is 3. The van der Waals surface area contributed by atoms with Crippen molar-refractivity contribution >= 4 is 12.0 Å². The molecule has 0 aromatic heterocycles. The van der Waals surface area contributed by atoms with Gasteiger partial charge in [-0.05, 0) is 25.7 Å². The van der Waals surface area contributed by atoms with Crippen LogP contribution < -0.4 is 10.6 Å². The van der Waals surface area contributed by atoms with E-state index in [2.05, 4.69) is 10.6 Å². The summed E-state index contributed by atoms with van der Waals surface area (Å²) in [7, 11) is 0. The van der Waals surface area contributed by atoms with Gasteiger partial charge in [0.15, 0.2) is 0 Å². The molecule has 74 valence electrons. The van der Waals surface area contributed by atoms with Crippen LogP contribution in [0, 0.1) is 5.92 Å². The summed E-state index contributed by atoms with van der Waals surface area (Å²) >= 11 is 0. The molecule has 1 atom stereocenters. The molecule has 0 bridgehead atoms. The fraction of sp³-hybridized carbons (Fsp3) is 0.750. The molecule has 0 aliphatic heterocycles. The summed E-state index contributed by atoms with van der Waals surface area (Å²) in [5, 5.41) is 13.4. The highest BCUT2D eigenvalue weighted by Gasteiger charge is 2.22. The number of aliphatic carboxylic acids is 1. The lowest BCUT2D eigenvalue weighted by molar-refractivity contribution is -0.138. The summed E-state index contributed by atoms with van der Waals surface area (Å²) in [4.78, 5) is 21.3. The molecule has 1 rings (SSSR count). The number of hydrogen-bond acceptors (Lipinski definition) is 2. The first-order valence-electron chi connectivity index (χ1n) is 4.36. The van der Waals surface area contributed by atoms with Crippen molar-refractivity contribution < 1.29 is 14.7 Å². The third kappa shape index (κ3) is 3.78. The monoisotopic (exact) mass is 186 g/mol. The Morgan fingerprint density at radius 2 is 2.15 bits per heavy atom. The summed E-state index contributed by atoms with van der Waals surface area (Å²) in [6.45, 7) is 2.08. The van der Waals surface area contributed by atoms with Crippen molar-refractivity contribution in [2.45, 2.75) is 25.8 Å². The lowest BCUT2D eigenvalue weighted by Gasteiger charge is -2.09. The molecule has 3 N–H and O–H groups in total. The van der Waals surface area contributed by atoms with Crippen LogP contribution in [0.1, 0.15) is 19.8 Å². The first-order chi connectivity index (χ1) is 6.09. The fourth-order valence-corrected chi connectivity index (χ4v) is 0.868. The molecule has 5 nitrogen and oxygen atoms in total. The molecule has 1 fully saturated rings. The highest BCUT2D eigenvalue weighted by atomic mass is 16.4. The van der Waals surface area contributed by atoms with Gasteiger partial charge in [0.25, 0.3) is 0 Å². The van der Waals surface area contributed by atoms with Crippen LogP contribution in [0.25, 0.3) is 0 Å². The number of carboxylic acid groups (broad SMARTS) is 1. The van der Waals surface area contributed by atoms with Crippen LogP contribution in [-0.2, 0) is 4.79 Å². The Hall–Kier alpha value is -1.26. The molecule has 0 unspecified atom stereocenters. The standard InChI is InChI=1S/C8H14N2O3/c1-5(7(11)12)10-8(13)9-4-6-2-3-6/h5-6H,2-4H2,1H3,(H,11,12)(H2,9,10,13)/t5-/m0/s1. The predicted molar refractivity (Wildman–Crippen MR) is 46.4 cm³/mol. The summed E-state index contributed by atoms with van der Waals surface area (Å²) in [6.07, 6.45) is 2.32. The van der Waals surface area contributed by atoms with Crippen molar-refractivity contribution in [1.29, 1.82) is 0 Å². The predicted octanol–water partition coefficient (Wildman–Crippen LogP) is 0.169. The Balaban J connectivity index is 2.11. The zero-order chi connectivity index (χ0) is 9.84. The first-order valence-corrected chi connectivity index (χ1v) is 4.36. The van der Waals surface area contributed by atoms with Crippen molar-refractivity contribution in [2.75, 3.05) is 6.54 Å². The van der Waals surface area contributed by atoms with Gasteiger partial charge in [-0.25, -0.2) is 4.79 Å². The van der Waals surface area contributed by atoms with E-state index in [9.17, 15) is 9.59 Å². The second-order valence-electron chi connectivity index (χ2n) is 3.36. The van der Waals surface area contributed by atoms with Crippen LogP contribution in [0.3, 0.4) is 0 Å². The summed E-state index contributed by atoms with van der Waals surface area (Å²) in [6, 6.07) is -1.24. The molecule has 13 heavy (non-hydrogen) atoms. The minimum absolute atomic E-state index is 0.401. The SMILES string of the molecule is C[C@H](NC(=O)NCC1CC1)C(=O)O. The van der Waals surface area contributed by atoms with Crippen molar-refractivity contribution in [3.05, 3.63) is 0 Å². The van der Waals surface area contributed by atoms with Crippen LogP contribution >= 0.6 is 0 Å². The topological polar surface area (TPSA) is 78.4 Å². The second-order valence-corrected chi connectivity index (χ2v) is 3.36. The molecule has 1 aliphatic rings. The van der Waals surface area contributed by atoms with Crippen molar-refractivity contribution in [3.8, 4) is 0 Å². The van der Waals surface area contributed by atoms with E-state index in [-0.39, 0.29) is 0 Å². The molecule has 2 amide bonds. The number of carbonyl (C=O) groups excluding carboxylic acids is 1. The molecular weight excluding hydrogens is 172 g/mol. The molecular formula is C8H14N2O3. The third-order valence-corrected chi connectivity index (χ3v) is 1.97. The lowest BCUT2D eigenvalue weighted by Crippen LogP contribution is -2.44. The number of amides is 2. The molecule has 0 aromatic carbocycles. The molecule has 0 aromatic rings. The van der Waals surface area contributed by atoms with Crippen LogP contribution in [0.15, 0.2) is 0 Å². The van der Waals surface area contributed by atoms with Gasteiger partial charge in [0.2, 0.25) is 0 Å². The van der Waals surface area contributed by atoms with Gasteiger partial charge in [-0.3, -0.25) is 4.79 Å². The maximum Gasteiger partial charge on any atom is 0.325 e. The van der Waals surface area contributed by atoms with Crippen molar-refractivity contribution in [1.82, 2.24) is 10.6 Å². The largest absolute Gasteiger partial charge is 0.480 e. The minimum atomic E-state index is -1.03. The van der Waals surface area contributed by atoms with E-state index in [1.165, 1.54) is 6.92 Å². The lowest BCUT2D eigenvalue weighted by atomic mass is 10.3. The highest BCUT2D eigenvalue weighted by molar-refractivity contribution is 5.82. The number of rotatable bonds is 4. The first kappa shape index (κ1) is 9.83. The van der Waals surface area contributed by atoms with Gasteiger partial charge < -0.3 is 15.7 Å². The molecule has 0 saturated heterocycles. The number of carbonyl (C=O) groups is 2. The zero-order valence-corrected chi connectivity index (χ0v) is 7.54. The summed E-state index contributed by atoms with van der Waals surface area (Å²) < 4.78 is 0. The number of nitrogens with one attached hydrogen (secondary N) is 2. The smallest absolute Gasteiger partial charge is 0.325 e. The Labute approximate surface area is 76.5 Å². The van der Waals surface area contributed by atoms with E-state index in [1.54, 1.807) is 0 Å². The van der Waals surface area contributed by atoms with E-state index in [0.29, 0.717) is 12.5 Å². The van der Waals surface area contributed by atoms with Crippen LogP contribution in [0.2, 0.25) is 0 Å². The molecule has 0 spiro atoms. The van der Waals surface area contributed by atoms with Crippen LogP contribution in [0.4, 0.5) is 4.79 Å².